The van der Waals surface area contributed by atoms with Crippen LogP contribution in [0.15, 0.2) is 72.8 Å². The summed E-state index contributed by atoms with van der Waals surface area (Å²) in [6.07, 6.45) is 0. The Kier molecular flexibility index (Phi) is 11.7. The first kappa shape index (κ1) is 27.5. The molecule has 0 heterocycles. The summed E-state index contributed by atoms with van der Waals surface area (Å²) in [5.74, 6) is -0.752. The van der Waals surface area contributed by atoms with Crippen LogP contribution in [0.5, 0.6) is 11.5 Å². The van der Waals surface area contributed by atoms with Gasteiger partial charge in [-0.25, -0.2) is 4.79 Å². The molecule has 0 aliphatic carbocycles. The quantitative estimate of drug-likeness (QED) is 0.386. The van der Waals surface area contributed by atoms with Crippen LogP contribution >= 0.6 is 0 Å². The fourth-order valence-electron chi connectivity index (χ4n) is 2.53. The van der Waals surface area contributed by atoms with Crippen LogP contribution < -0.4 is 26.7 Å². The second kappa shape index (κ2) is 14.5. The smallest absolute Gasteiger partial charge is 0.335 e. The van der Waals surface area contributed by atoms with Crippen LogP contribution in [0.2, 0.25) is 0 Å². The van der Waals surface area contributed by atoms with E-state index in [1.165, 1.54) is 12.1 Å². The van der Waals surface area contributed by atoms with E-state index in [-0.39, 0.29) is 5.56 Å². The van der Waals surface area contributed by atoms with E-state index in [2.05, 4.69) is 0 Å². The predicted octanol–water partition coefficient (Wildman–Crippen LogP) is 3.34. The summed E-state index contributed by atoms with van der Waals surface area (Å²) < 4.78 is 10.4. The largest absolute Gasteiger partial charge is 0.493 e. The van der Waals surface area contributed by atoms with Crippen LogP contribution in [-0.2, 0) is 0 Å². The molecule has 3 rings (SSSR count). The molecule has 0 spiro atoms. The van der Waals surface area contributed by atoms with Gasteiger partial charge in [-0.3, -0.25) is 9.59 Å². The summed E-state index contributed by atoms with van der Waals surface area (Å²) in [7, 11) is 0. The third-order valence-electron chi connectivity index (χ3n) is 4.06. The van der Waals surface area contributed by atoms with Gasteiger partial charge >= 0.3 is 5.97 Å². The van der Waals surface area contributed by atoms with Crippen molar-refractivity contribution in [1.82, 2.24) is 0 Å². The molecule has 0 fully saturated rings. The maximum Gasteiger partial charge on any atom is 0.335 e. The van der Waals surface area contributed by atoms with E-state index in [0.29, 0.717) is 41.5 Å². The van der Waals surface area contributed by atoms with Crippen LogP contribution in [-0.4, -0.2) is 36.1 Å². The lowest BCUT2D eigenvalue weighted by Gasteiger charge is -2.05. The normalized spacial score (nSPS) is 9.35. The molecule has 0 radical (unpaired) electrons. The van der Waals surface area contributed by atoms with Gasteiger partial charge < -0.3 is 31.8 Å². The summed E-state index contributed by atoms with van der Waals surface area (Å²) in [5.41, 5.74) is 17.3. The zero-order valence-electron chi connectivity index (χ0n) is 19.1. The first-order chi connectivity index (χ1) is 16.2. The number of carboxylic acid groups (broad SMARTS) is 1. The van der Waals surface area contributed by atoms with Gasteiger partial charge in [-0.1, -0.05) is 24.3 Å². The average Bonchev–Trinajstić information content (AvgIpc) is 2.81. The van der Waals surface area contributed by atoms with Crippen LogP contribution in [0.25, 0.3) is 0 Å². The molecule has 0 saturated heterocycles. The Bertz CT molecular complexity index is 1020. The molecule has 0 unspecified atom stereocenters. The standard InChI is InChI=1S/2C9H11NO2.C7H7NO2/c2*1-2-12-8-6-4-3-5-7(8)9(10)11;8-6-3-1-5(2-4-6)7(9)10/h2*3-6H,2H2,1H3,(H2,10,11);1-4H,8H2,(H,9,10). The Labute approximate surface area is 198 Å². The Hall–Kier alpha value is -4.53. The summed E-state index contributed by atoms with van der Waals surface area (Å²) in [6, 6.07) is 19.9. The van der Waals surface area contributed by atoms with E-state index >= 15 is 0 Å². The minimum Gasteiger partial charge on any atom is -0.493 e. The summed E-state index contributed by atoms with van der Waals surface area (Å²) in [5, 5.41) is 8.43. The molecule has 180 valence electrons. The summed E-state index contributed by atoms with van der Waals surface area (Å²) >= 11 is 0. The summed E-state index contributed by atoms with van der Waals surface area (Å²) in [4.78, 5) is 31.9. The number of carboxylic acids is 1. The molecule has 0 atom stereocenters. The Morgan fingerprint density at radius 1 is 0.706 bits per heavy atom. The monoisotopic (exact) mass is 467 g/mol. The van der Waals surface area contributed by atoms with Gasteiger partial charge in [0, 0.05) is 5.69 Å². The van der Waals surface area contributed by atoms with Crippen LogP contribution in [0.1, 0.15) is 44.9 Å². The average molecular weight is 468 g/mol. The highest BCUT2D eigenvalue weighted by atomic mass is 16.5. The lowest BCUT2D eigenvalue weighted by Crippen LogP contribution is -2.12. The highest BCUT2D eigenvalue weighted by Gasteiger charge is 2.07. The minimum absolute atomic E-state index is 0.259. The molecule has 9 heteroatoms. The molecule has 9 nitrogen and oxygen atoms in total. The highest BCUT2D eigenvalue weighted by molar-refractivity contribution is 5.96. The second-order valence-electron chi connectivity index (χ2n) is 6.51. The van der Waals surface area contributed by atoms with E-state index in [4.69, 9.17) is 31.8 Å². The van der Waals surface area contributed by atoms with Crippen molar-refractivity contribution >= 4 is 23.5 Å². The van der Waals surface area contributed by atoms with Gasteiger partial charge in [0.2, 0.25) is 0 Å². The maximum absolute atomic E-state index is 10.8. The Balaban J connectivity index is 0.000000256. The van der Waals surface area contributed by atoms with Gasteiger partial charge in [0.15, 0.2) is 0 Å². The molecule has 3 aromatic carbocycles. The number of para-hydroxylation sites is 2. The van der Waals surface area contributed by atoms with Gasteiger partial charge in [-0.15, -0.1) is 0 Å². The van der Waals surface area contributed by atoms with Gasteiger partial charge in [-0.05, 0) is 62.4 Å². The minimum atomic E-state index is -0.931. The highest BCUT2D eigenvalue weighted by Crippen LogP contribution is 2.17. The van der Waals surface area contributed by atoms with Crippen molar-refractivity contribution in [2.75, 3.05) is 18.9 Å². The number of carbonyl (C=O) groups is 3. The van der Waals surface area contributed by atoms with E-state index in [1.54, 1.807) is 60.7 Å². The lowest BCUT2D eigenvalue weighted by atomic mass is 10.2. The number of hydrogen-bond acceptors (Lipinski definition) is 6. The van der Waals surface area contributed by atoms with Gasteiger partial charge in [-0.2, -0.15) is 0 Å². The fraction of sp³-hybridized carbons (Fsp3) is 0.160. The van der Waals surface area contributed by atoms with Gasteiger partial charge in [0.05, 0.1) is 29.9 Å². The third kappa shape index (κ3) is 9.31. The molecular weight excluding hydrogens is 438 g/mol. The molecule has 0 bridgehead atoms. The molecule has 0 aromatic heterocycles. The van der Waals surface area contributed by atoms with Crippen LogP contribution in [0.4, 0.5) is 5.69 Å². The molecule has 0 saturated carbocycles. The zero-order valence-corrected chi connectivity index (χ0v) is 19.1. The molecule has 0 aliphatic rings. The van der Waals surface area contributed by atoms with Crippen molar-refractivity contribution in [3.8, 4) is 11.5 Å². The number of rotatable bonds is 7. The number of hydrogen-bond donors (Lipinski definition) is 4. The van der Waals surface area contributed by atoms with Crippen LogP contribution in [0, 0.1) is 0 Å². The van der Waals surface area contributed by atoms with Crippen molar-refractivity contribution < 1.29 is 29.0 Å². The van der Waals surface area contributed by atoms with Crippen LogP contribution in [0.3, 0.4) is 0 Å². The topological polar surface area (TPSA) is 168 Å². The number of ether oxygens (including phenoxy) is 2. The van der Waals surface area contributed by atoms with E-state index in [1.807, 2.05) is 13.8 Å². The number of benzene rings is 3. The number of nitrogen functional groups attached to an aromatic ring is 1. The lowest BCUT2D eigenvalue weighted by molar-refractivity contribution is 0.0696. The first-order valence-corrected chi connectivity index (χ1v) is 10.3. The second-order valence-corrected chi connectivity index (χ2v) is 6.51. The number of amides is 2. The maximum atomic E-state index is 10.8. The number of carbonyl (C=O) groups excluding carboxylic acids is 2. The molecule has 0 aliphatic heterocycles. The van der Waals surface area contributed by atoms with Crippen molar-refractivity contribution in [2.24, 2.45) is 11.5 Å². The Morgan fingerprint density at radius 2 is 1.09 bits per heavy atom. The number of nitrogens with two attached hydrogens (primary N) is 3. The molecule has 7 N–H and O–H groups in total. The predicted molar refractivity (Wildman–Crippen MR) is 130 cm³/mol. The molecular formula is C25H29N3O6. The van der Waals surface area contributed by atoms with Crippen molar-refractivity contribution in [3.05, 3.63) is 89.5 Å². The van der Waals surface area contributed by atoms with E-state index in [0.717, 1.165) is 0 Å². The Morgan fingerprint density at radius 3 is 1.41 bits per heavy atom. The van der Waals surface area contributed by atoms with Crippen molar-refractivity contribution in [2.45, 2.75) is 13.8 Å². The van der Waals surface area contributed by atoms with Crippen molar-refractivity contribution in [1.29, 1.82) is 0 Å². The number of anilines is 1. The first-order valence-electron chi connectivity index (χ1n) is 10.3. The van der Waals surface area contributed by atoms with E-state index in [9.17, 15) is 14.4 Å². The zero-order chi connectivity index (χ0) is 25.5. The summed E-state index contributed by atoms with van der Waals surface area (Å²) in [6.45, 7) is 4.78. The number of primary amides is 2. The molecule has 34 heavy (non-hydrogen) atoms. The van der Waals surface area contributed by atoms with Gasteiger partial charge in [0.25, 0.3) is 11.8 Å². The molecule has 2 amide bonds. The van der Waals surface area contributed by atoms with E-state index < -0.39 is 17.8 Å². The molecule has 3 aromatic rings. The van der Waals surface area contributed by atoms with Gasteiger partial charge in [0.1, 0.15) is 11.5 Å². The fourth-order valence-corrected chi connectivity index (χ4v) is 2.53. The third-order valence-corrected chi connectivity index (χ3v) is 4.06. The number of aromatic carboxylic acids is 1. The SMILES string of the molecule is CCOc1ccccc1C(N)=O.CCOc1ccccc1C(N)=O.Nc1ccc(C(=O)O)cc1. The van der Waals surface area contributed by atoms with Crippen molar-refractivity contribution in [3.63, 3.8) is 0 Å².